The molecular weight excluding hydrogens is 302 g/mol. The summed E-state index contributed by atoms with van der Waals surface area (Å²) < 4.78 is 2.21. The average Bonchev–Trinajstić information content (AvgIpc) is 2.99. The molecule has 0 saturated carbocycles. The van der Waals surface area contributed by atoms with E-state index in [1.807, 2.05) is 31.2 Å². The molecule has 0 saturated heterocycles. The quantitative estimate of drug-likeness (QED) is 0.779. The van der Waals surface area contributed by atoms with E-state index >= 15 is 0 Å². The van der Waals surface area contributed by atoms with E-state index in [0.717, 1.165) is 35.3 Å². The molecule has 122 valence electrons. The Morgan fingerprint density at radius 3 is 2.67 bits per heavy atom. The number of nitrogen functional groups attached to an aromatic ring is 1. The number of anilines is 2. The van der Waals surface area contributed by atoms with Gasteiger partial charge in [-0.15, -0.1) is 10.2 Å². The van der Waals surface area contributed by atoms with Crippen LogP contribution in [-0.4, -0.2) is 31.3 Å². The zero-order valence-electron chi connectivity index (χ0n) is 13.7. The summed E-state index contributed by atoms with van der Waals surface area (Å²) in [5.74, 6) is 2.98. The van der Waals surface area contributed by atoms with E-state index in [4.69, 9.17) is 5.73 Å². The highest BCUT2D eigenvalue weighted by atomic mass is 15.4. The van der Waals surface area contributed by atoms with Crippen molar-refractivity contribution in [2.24, 2.45) is 0 Å². The highest BCUT2D eigenvalue weighted by Crippen LogP contribution is 2.29. The predicted octanol–water partition coefficient (Wildman–Crippen LogP) is 2.21. The Hall–Kier alpha value is -2.96. The molecule has 0 aliphatic carbocycles. The van der Waals surface area contributed by atoms with Crippen molar-refractivity contribution in [1.29, 1.82) is 0 Å². The molecule has 3 aromatic rings. The molecule has 1 aliphatic rings. The van der Waals surface area contributed by atoms with Gasteiger partial charge in [0.05, 0.1) is 12.6 Å². The minimum atomic E-state index is 0.232. The second-order valence-electron chi connectivity index (χ2n) is 6.13. The zero-order valence-corrected chi connectivity index (χ0v) is 13.7. The molecule has 4 rings (SSSR count). The summed E-state index contributed by atoms with van der Waals surface area (Å²) in [4.78, 5) is 10.7. The molecule has 1 atom stereocenters. The SMILES string of the molecule is Cc1cc(N2Cc3nnc(-c4ccccc4)n3[C@@H](C)C2)nc(N)n1. The van der Waals surface area contributed by atoms with Crippen LogP contribution in [0.2, 0.25) is 0 Å². The molecule has 0 radical (unpaired) electrons. The number of aryl methyl sites for hydroxylation is 1. The summed E-state index contributed by atoms with van der Waals surface area (Å²) in [5, 5.41) is 8.81. The van der Waals surface area contributed by atoms with Gasteiger partial charge in [0.2, 0.25) is 5.95 Å². The van der Waals surface area contributed by atoms with E-state index < -0.39 is 0 Å². The van der Waals surface area contributed by atoms with Crippen LogP contribution in [0, 0.1) is 6.92 Å². The van der Waals surface area contributed by atoms with Gasteiger partial charge in [0.25, 0.3) is 0 Å². The van der Waals surface area contributed by atoms with Crippen molar-refractivity contribution in [1.82, 2.24) is 24.7 Å². The van der Waals surface area contributed by atoms with Crippen LogP contribution in [0.1, 0.15) is 24.5 Å². The molecule has 0 amide bonds. The van der Waals surface area contributed by atoms with Crippen LogP contribution in [0.5, 0.6) is 0 Å². The molecule has 24 heavy (non-hydrogen) atoms. The van der Waals surface area contributed by atoms with Crippen LogP contribution in [0.4, 0.5) is 11.8 Å². The third kappa shape index (κ3) is 2.47. The Balaban J connectivity index is 1.70. The zero-order chi connectivity index (χ0) is 16.7. The Morgan fingerprint density at radius 1 is 1.12 bits per heavy atom. The first kappa shape index (κ1) is 14.6. The van der Waals surface area contributed by atoms with Gasteiger partial charge in [-0.25, -0.2) is 4.98 Å². The molecule has 7 heteroatoms. The molecule has 2 aromatic heterocycles. The summed E-state index contributed by atoms with van der Waals surface area (Å²) in [6, 6.07) is 12.3. The van der Waals surface area contributed by atoms with E-state index in [0.29, 0.717) is 12.5 Å². The lowest BCUT2D eigenvalue weighted by molar-refractivity contribution is 0.464. The lowest BCUT2D eigenvalue weighted by atomic mass is 10.1. The maximum atomic E-state index is 5.79. The fourth-order valence-electron chi connectivity index (χ4n) is 3.23. The Bertz CT molecular complexity index is 852. The normalized spacial score (nSPS) is 16.9. The number of nitrogens with two attached hydrogens (primary N) is 1. The van der Waals surface area contributed by atoms with Crippen LogP contribution in [-0.2, 0) is 6.54 Å². The van der Waals surface area contributed by atoms with Crippen molar-refractivity contribution in [3.63, 3.8) is 0 Å². The minimum absolute atomic E-state index is 0.232. The lowest BCUT2D eigenvalue weighted by Crippen LogP contribution is -2.37. The maximum absolute atomic E-state index is 5.79. The van der Waals surface area contributed by atoms with Gasteiger partial charge in [0.1, 0.15) is 5.82 Å². The molecule has 0 spiro atoms. The molecule has 0 fully saturated rings. The Morgan fingerprint density at radius 2 is 1.92 bits per heavy atom. The molecule has 0 unspecified atom stereocenters. The van der Waals surface area contributed by atoms with Crippen molar-refractivity contribution >= 4 is 11.8 Å². The smallest absolute Gasteiger partial charge is 0.222 e. The van der Waals surface area contributed by atoms with E-state index in [9.17, 15) is 0 Å². The minimum Gasteiger partial charge on any atom is -0.368 e. The number of hydrogen-bond donors (Lipinski definition) is 1. The third-order valence-corrected chi connectivity index (χ3v) is 4.24. The number of benzene rings is 1. The molecule has 1 aromatic carbocycles. The first-order valence-electron chi connectivity index (χ1n) is 7.97. The van der Waals surface area contributed by atoms with Crippen LogP contribution >= 0.6 is 0 Å². The standard InChI is InChI=1S/C17H19N7/c1-11-8-14(20-17(18)19-11)23-9-12(2)24-15(10-23)21-22-16(24)13-6-4-3-5-7-13/h3-8,12H,9-10H2,1-2H3,(H2,18,19,20)/t12-/m0/s1. The summed E-state index contributed by atoms with van der Waals surface area (Å²) >= 11 is 0. The number of nitrogens with zero attached hydrogens (tertiary/aromatic N) is 6. The highest BCUT2D eigenvalue weighted by molar-refractivity contribution is 5.56. The number of fused-ring (bicyclic) bond motifs is 1. The van der Waals surface area contributed by atoms with Crippen molar-refractivity contribution < 1.29 is 0 Å². The summed E-state index contributed by atoms with van der Waals surface area (Å²) in [5.41, 5.74) is 7.74. The number of hydrogen-bond acceptors (Lipinski definition) is 6. The van der Waals surface area contributed by atoms with Gasteiger partial charge in [-0.1, -0.05) is 30.3 Å². The van der Waals surface area contributed by atoms with Crippen LogP contribution in [0.25, 0.3) is 11.4 Å². The number of aromatic nitrogens is 5. The van der Waals surface area contributed by atoms with Crippen molar-refractivity contribution in [2.75, 3.05) is 17.2 Å². The second-order valence-corrected chi connectivity index (χ2v) is 6.13. The second kappa shape index (κ2) is 5.59. The van der Waals surface area contributed by atoms with Gasteiger partial charge in [0.15, 0.2) is 11.6 Å². The molecule has 3 heterocycles. The summed E-state index contributed by atoms with van der Waals surface area (Å²) in [6.45, 7) is 5.56. The molecular formula is C17H19N7. The fourth-order valence-corrected chi connectivity index (χ4v) is 3.23. The number of rotatable bonds is 2. The third-order valence-electron chi connectivity index (χ3n) is 4.24. The lowest BCUT2D eigenvalue weighted by Gasteiger charge is -2.33. The monoisotopic (exact) mass is 321 g/mol. The van der Waals surface area contributed by atoms with Gasteiger partial charge >= 0.3 is 0 Å². The van der Waals surface area contributed by atoms with Crippen LogP contribution in [0.3, 0.4) is 0 Å². The fraction of sp³-hybridized carbons (Fsp3) is 0.294. The topological polar surface area (TPSA) is 85.8 Å². The molecule has 1 aliphatic heterocycles. The van der Waals surface area contributed by atoms with Crippen molar-refractivity contribution in [3.8, 4) is 11.4 Å². The van der Waals surface area contributed by atoms with Crippen molar-refractivity contribution in [3.05, 3.63) is 47.9 Å². The van der Waals surface area contributed by atoms with Gasteiger partial charge in [-0.2, -0.15) is 4.98 Å². The van der Waals surface area contributed by atoms with E-state index in [2.05, 4.69) is 48.7 Å². The summed E-state index contributed by atoms with van der Waals surface area (Å²) in [6.07, 6.45) is 0. The van der Waals surface area contributed by atoms with Crippen LogP contribution < -0.4 is 10.6 Å². The average molecular weight is 321 g/mol. The molecule has 7 nitrogen and oxygen atoms in total. The predicted molar refractivity (Wildman–Crippen MR) is 92.4 cm³/mol. The van der Waals surface area contributed by atoms with Gasteiger partial charge in [0, 0.05) is 23.9 Å². The summed E-state index contributed by atoms with van der Waals surface area (Å²) in [7, 11) is 0. The molecule has 2 N–H and O–H groups in total. The van der Waals surface area contributed by atoms with E-state index in [1.54, 1.807) is 0 Å². The maximum Gasteiger partial charge on any atom is 0.222 e. The van der Waals surface area contributed by atoms with Gasteiger partial charge < -0.3 is 15.2 Å². The van der Waals surface area contributed by atoms with Gasteiger partial charge in [-0.05, 0) is 13.8 Å². The first-order chi connectivity index (χ1) is 11.6. The largest absolute Gasteiger partial charge is 0.368 e. The Labute approximate surface area is 140 Å². The van der Waals surface area contributed by atoms with Gasteiger partial charge in [-0.3, -0.25) is 0 Å². The van der Waals surface area contributed by atoms with Crippen LogP contribution in [0.15, 0.2) is 36.4 Å². The molecule has 0 bridgehead atoms. The van der Waals surface area contributed by atoms with E-state index in [-0.39, 0.29) is 6.04 Å². The highest BCUT2D eigenvalue weighted by Gasteiger charge is 2.28. The van der Waals surface area contributed by atoms with Crippen molar-refractivity contribution in [2.45, 2.75) is 26.4 Å². The van der Waals surface area contributed by atoms with E-state index in [1.165, 1.54) is 0 Å². The Kier molecular flexibility index (Phi) is 3.41. The first-order valence-corrected chi connectivity index (χ1v) is 7.97.